The van der Waals surface area contributed by atoms with E-state index in [9.17, 15) is 4.79 Å². The Hall–Kier alpha value is -0.770. The quantitative estimate of drug-likeness (QED) is 0.767. The summed E-state index contributed by atoms with van der Waals surface area (Å²) in [6, 6.07) is 0.200. The standard InChI is InChI=1S/C13H26N2O2/c1-9-8-15(7-6-11(9)10(2)14)12(16)17-13(3,4)5/h9-11H,6-8,14H2,1-5H3/t9-,10+,11+/m1/s1. The molecule has 0 spiro atoms. The zero-order valence-electron chi connectivity index (χ0n) is 11.7. The molecule has 0 radical (unpaired) electrons. The highest BCUT2D eigenvalue weighted by Crippen LogP contribution is 2.26. The number of likely N-dealkylation sites (tertiary alicyclic amines) is 1. The largest absolute Gasteiger partial charge is 0.444 e. The average Bonchev–Trinajstić information content (AvgIpc) is 2.14. The van der Waals surface area contributed by atoms with Gasteiger partial charge in [0.1, 0.15) is 5.60 Å². The molecule has 1 aliphatic rings. The van der Waals surface area contributed by atoms with Crippen LogP contribution >= 0.6 is 0 Å². The molecule has 100 valence electrons. The highest BCUT2D eigenvalue weighted by Gasteiger charge is 2.32. The summed E-state index contributed by atoms with van der Waals surface area (Å²) in [5.74, 6) is 0.949. The second-order valence-electron chi connectivity index (χ2n) is 6.22. The van der Waals surface area contributed by atoms with Crippen LogP contribution in [-0.2, 0) is 4.74 Å². The minimum Gasteiger partial charge on any atom is -0.444 e. The van der Waals surface area contributed by atoms with E-state index in [1.807, 2.05) is 27.7 Å². The first kappa shape index (κ1) is 14.3. The zero-order valence-corrected chi connectivity index (χ0v) is 11.7. The Bertz CT molecular complexity index is 271. The van der Waals surface area contributed by atoms with Gasteiger partial charge >= 0.3 is 6.09 Å². The van der Waals surface area contributed by atoms with Gasteiger partial charge in [0.05, 0.1) is 0 Å². The minimum absolute atomic E-state index is 0.200. The number of ether oxygens (including phenoxy) is 1. The molecule has 1 saturated heterocycles. The van der Waals surface area contributed by atoms with Gasteiger partial charge in [-0.2, -0.15) is 0 Å². The highest BCUT2D eigenvalue weighted by atomic mass is 16.6. The van der Waals surface area contributed by atoms with Crippen LogP contribution in [0, 0.1) is 11.8 Å². The molecule has 0 bridgehead atoms. The first-order valence-electron chi connectivity index (χ1n) is 6.44. The van der Waals surface area contributed by atoms with Crippen molar-refractivity contribution in [1.82, 2.24) is 4.90 Å². The van der Waals surface area contributed by atoms with Crippen LogP contribution in [0.2, 0.25) is 0 Å². The summed E-state index contributed by atoms with van der Waals surface area (Å²) in [5, 5.41) is 0. The summed E-state index contributed by atoms with van der Waals surface area (Å²) in [4.78, 5) is 13.7. The lowest BCUT2D eigenvalue weighted by molar-refractivity contribution is 0.0102. The van der Waals surface area contributed by atoms with E-state index in [2.05, 4.69) is 6.92 Å². The Morgan fingerprint density at radius 1 is 1.47 bits per heavy atom. The fraction of sp³-hybridized carbons (Fsp3) is 0.923. The topological polar surface area (TPSA) is 55.6 Å². The van der Waals surface area contributed by atoms with Gasteiger partial charge in [-0.05, 0) is 46.0 Å². The monoisotopic (exact) mass is 242 g/mol. The third kappa shape index (κ3) is 4.19. The molecule has 0 aliphatic carbocycles. The van der Waals surface area contributed by atoms with E-state index in [-0.39, 0.29) is 12.1 Å². The number of carbonyl (C=O) groups excluding carboxylic acids is 1. The van der Waals surface area contributed by atoms with Crippen LogP contribution in [-0.4, -0.2) is 35.7 Å². The fourth-order valence-electron chi connectivity index (χ4n) is 2.44. The fourth-order valence-corrected chi connectivity index (χ4v) is 2.44. The molecule has 0 aromatic heterocycles. The van der Waals surface area contributed by atoms with E-state index in [0.717, 1.165) is 19.5 Å². The van der Waals surface area contributed by atoms with Gasteiger partial charge in [-0.15, -0.1) is 0 Å². The van der Waals surface area contributed by atoms with E-state index in [0.29, 0.717) is 11.8 Å². The van der Waals surface area contributed by atoms with Gasteiger partial charge in [0.2, 0.25) is 0 Å². The molecule has 2 N–H and O–H groups in total. The molecule has 1 heterocycles. The van der Waals surface area contributed by atoms with Crippen LogP contribution in [0.1, 0.15) is 41.0 Å². The molecule has 1 amide bonds. The highest BCUT2D eigenvalue weighted by molar-refractivity contribution is 5.68. The molecule has 3 atom stereocenters. The van der Waals surface area contributed by atoms with E-state index in [1.54, 1.807) is 4.90 Å². The average molecular weight is 242 g/mol. The van der Waals surface area contributed by atoms with Crippen LogP contribution in [0.5, 0.6) is 0 Å². The van der Waals surface area contributed by atoms with Crippen molar-refractivity contribution in [2.75, 3.05) is 13.1 Å². The van der Waals surface area contributed by atoms with Gasteiger partial charge in [0.15, 0.2) is 0 Å². The Morgan fingerprint density at radius 2 is 2.06 bits per heavy atom. The van der Waals surface area contributed by atoms with Gasteiger partial charge in [-0.1, -0.05) is 6.92 Å². The van der Waals surface area contributed by atoms with Crippen LogP contribution in [0.15, 0.2) is 0 Å². The molecule has 17 heavy (non-hydrogen) atoms. The van der Waals surface area contributed by atoms with E-state index in [4.69, 9.17) is 10.5 Å². The zero-order chi connectivity index (χ0) is 13.2. The second-order valence-corrected chi connectivity index (χ2v) is 6.22. The Labute approximate surface area is 104 Å². The number of rotatable bonds is 1. The predicted molar refractivity (Wildman–Crippen MR) is 68.7 cm³/mol. The molecule has 1 fully saturated rings. The van der Waals surface area contributed by atoms with Crippen LogP contribution < -0.4 is 5.73 Å². The van der Waals surface area contributed by atoms with E-state index in [1.165, 1.54) is 0 Å². The first-order valence-corrected chi connectivity index (χ1v) is 6.44. The number of amides is 1. The first-order chi connectivity index (χ1) is 7.70. The number of hydrogen-bond acceptors (Lipinski definition) is 3. The predicted octanol–water partition coefficient (Wildman–Crippen LogP) is 2.23. The van der Waals surface area contributed by atoms with E-state index >= 15 is 0 Å². The van der Waals surface area contributed by atoms with Crippen LogP contribution in [0.25, 0.3) is 0 Å². The molecular formula is C13H26N2O2. The maximum Gasteiger partial charge on any atom is 0.410 e. The molecule has 4 heteroatoms. The van der Waals surface area contributed by atoms with Crippen molar-refractivity contribution >= 4 is 6.09 Å². The summed E-state index contributed by atoms with van der Waals surface area (Å²) < 4.78 is 5.38. The Morgan fingerprint density at radius 3 is 2.47 bits per heavy atom. The van der Waals surface area contributed by atoms with Gasteiger partial charge in [0.25, 0.3) is 0 Å². The number of nitrogens with zero attached hydrogens (tertiary/aromatic N) is 1. The normalized spacial score (nSPS) is 27.8. The van der Waals surface area contributed by atoms with Crippen molar-refractivity contribution in [2.24, 2.45) is 17.6 Å². The third-order valence-corrected chi connectivity index (χ3v) is 3.30. The van der Waals surface area contributed by atoms with Crippen molar-refractivity contribution in [1.29, 1.82) is 0 Å². The lowest BCUT2D eigenvalue weighted by atomic mass is 9.82. The van der Waals surface area contributed by atoms with Gasteiger partial charge in [-0.25, -0.2) is 4.79 Å². The summed E-state index contributed by atoms with van der Waals surface area (Å²) >= 11 is 0. The molecule has 1 rings (SSSR count). The van der Waals surface area contributed by atoms with Crippen LogP contribution in [0.4, 0.5) is 4.79 Å². The van der Waals surface area contributed by atoms with Crippen molar-refractivity contribution < 1.29 is 9.53 Å². The molecule has 0 unspecified atom stereocenters. The Balaban J connectivity index is 2.52. The molecule has 0 saturated carbocycles. The van der Waals surface area contributed by atoms with Gasteiger partial charge < -0.3 is 15.4 Å². The smallest absolute Gasteiger partial charge is 0.410 e. The van der Waals surface area contributed by atoms with Crippen molar-refractivity contribution in [3.8, 4) is 0 Å². The van der Waals surface area contributed by atoms with Crippen LogP contribution in [0.3, 0.4) is 0 Å². The molecule has 1 aliphatic heterocycles. The number of piperidine rings is 1. The SMILES string of the molecule is C[C@H](N)[C@H]1CCN(C(=O)OC(C)(C)C)C[C@H]1C. The molecule has 4 nitrogen and oxygen atoms in total. The molecular weight excluding hydrogens is 216 g/mol. The van der Waals surface area contributed by atoms with E-state index < -0.39 is 5.60 Å². The Kier molecular flexibility index (Phi) is 4.42. The van der Waals surface area contributed by atoms with Crippen molar-refractivity contribution in [3.63, 3.8) is 0 Å². The third-order valence-electron chi connectivity index (χ3n) is 3.30. The maximum absolute atomic E-state index is 11.9. The summed E-state index contributed by atoms with van der Waals surface area (Å²) in [6.07, 6.45) is 0.769. The van der Waals surface area contributed by atoms with Crippen molar-refractivity contribution in [2.45, 2.75) is 52.7 Å². The van der Waals surface area contributed by atoms with Crippen molar-refractivity contribution in [3.05, 3.63) is 0 Å². The second kappa shape index (κ2) is 5.25. The summed E-state index contributed by atoms with van der Waals surface area (Å²) in [6.45, 7) is 11.4. The van der Waals surface area contributed by atoms with Gasteiger partial charge in [-0.3, -0.25) is 0 Å². The maximum atomic E-state index is 11.9. The van der Waals surface area contributed by atoms with Gasteiger partial charge in [0, 0.05) is 19.1 Å². The number of hydrogen-bond donors (Lipinski definition) is 1. The summed E-state index contributed by atoms with van der Waals surface area (Å²) in [5.41, 5.74) is 5.53. The number of nitrogens with two attached hydrogens (primary N) is 1. The molecule has 0 aromatic rings. The lowest BCUT2D eigenvalue weighted by Gasteiger charge is -2.39. The minimum atomic E-state index is -0.418. The number of carbonyl (C=O) groups is 1. The molecule has 0 aromatic carbocycles. The summed E-state index contributed by atoms with van der Waals surface area (Å²) in [7, 11) is 0. The lowest BCUT2D eigenvalue weighted by Crippen LogP contribution is -2.48.